The molecule has 3 aromatic carbocycles. The lowest BCUT2D eigenvalue weighted by Gasteiger charge is -2.32. The molecule has 0 aromatic heterocycles. The van der Waals surface area contributed by atoms with Gasteiger partial charge in [-0.1, -0.05) is 91.7 Å². The van der Waals surface area contributed by atoms with Crippen LogP contribution in [0.4, 0.5) is 4.79 Å². The van der Waals surface area contributed by atoms with E-state index >= 15 is 0 Å². The molecule has 0 aliphatic heterocycles. The SMILES string of the molecule is CN(C(=O)OC1c2ccccc2-c2ccccc21)C(CC1CC1)C(O)C(=O)NCc1ccccc1. The topological polar surface area (TPSA) is 78.9 Å². The number of nitrogens with zero attached hydrogens (tertiary/aromatic N) is 1. The number of aliphatic hydroxyl groups excluding tert-OH is 1. The minimum atomic E-state index is -1.35. The van der Waals surface area contributed by atoms with Gasteiger partial charge >= 0.3 is 6.09 Å². The van der Waals surface area contributed by atoms with E-state index in [2.05, 4.69) is 5.32 Å². The predicted molar refractivity (Wildman–Crippen MR) is 133 cm³/mol. The lowest BCUT2D eigenvalue weighted by molar-refractivity contribution is -0.132. The highest BCUT2D eigenvalue weighted by Gasteiger charge is 2.39. The molecule has 2 aliphatic carbocycles. The second-order valence-electron chi connectivity index (χ2n) is 9.44. The number of amides is 2. The molecule has 6 heteroatoms. The fourth-order valence-electron chi connectivity index (χ4n) is 4.81. The maximum absolute atomic E-state index is 13.3. The number of hydrogen-bond acceptors (Lipinski definition) is 4. The van der Waals surface area contributed by atoms with Crippen LogP contribution >= 0.6 is 0 Å². The Morgan fingerprint density at radius 3 is 2.11 bits per heavy atom. The van der Waals surface area contributed by atoms with E-state index < -0.39 is 30.3 Å². The van der Waals surface area contributed by atoms with Gasteiger partial charge in [0.25, 0.3) is 5.91 Å². The summed E-state index contributed by atoms with van der Waals surface area (Å²) in [6, 6.07) is 24.7. The molecule has 0 bridgehead atoms. The van der Waals surface area contributed by atoms with Crippen molar-refractivity contribution in [3.63, 3.8) is 0 Å². The van der Waals surface area contributed by atoms with E-state index in [1.54, 1.807) is 7.05 Å². The highest BCUT2D eigenvalue weighted by Crippen LogP contribution is 2.45. The molecule has 2 amide bonds. The number of fused-ring (bicyclic) bond motifs is 3. The van der Waals surface area contributed by atoms with Crippen molar-refractivity contribution in [3.8, 4) is 11.1 Å². The van der Waals surface area contributed by atoms with Gasteiger partial charge in [0.2, 0.25) is 0 Å². The van der Waals surface area contributed by atoms with Gasteiger partial charge in [0.15, 0.2) is 12.2 Å². The van der Waals surface area contributed by atoms with E-state index in [0.29, 0.717) is 18.9 Å². The van der Waals surface area contributed by atoms with Gasteiger partial charge in [-0.3, -0.25) is 4.79 Å². The van der Waals surface area contributed by atoms with Crippen LogP contribution in [0.5, 0.6) is 0 Å². The number of likely N-dealkylation sites (N-methyl/N-ethyl adjacent to an activating group) is 1. The van der Waals surface area contributed by atoms with Crippen LogP contribution in [0.15, 0.2) is 78.9 Å². The smallest absolute Gasteiger partial charge is 0.410 e. The molecule has 0 radical (unpaired) electrons. The third kappa shape index (κ3) is 4.93. The highest BCUT2D eigenvalue weighted by atomic mass is 16.6. The fourth-order valence-corrected chi connectivity index (χ4v) is 4.81. The Bertz CT molecular complexity index is 1160. The first-order valence-corrected chi connectivity index (χ1v) is 12.1. The van der Waals surface area contributed by atoms with Crippen LogP contribution in [-0.2, 0) is 16.1 Å². The molecule has 1 fully saturated rings. The van der Waals surface area contributed by atoms with Crippen molar-refractivity contribution in [2.24, 2.45) is 5.92 Å². The Balaban J connectivity index is 1.30. The molecule has 2 aliphatic rings. The highest BCUT2D eigenvalue weighted by molar-refractivity contribution is 5.83. The molecule has 2 atom stereocenters. The average Bonchev–Trinajstić information content (AvgIpc) is 3.68. The number of carbonyl (C=O) groups excluding carboxylic acids is 2. The normalized spacial score (nSPS) is 16.1. The van der Waals surface area contributed by atoms with Crippen LogP contribution in [0.25, 0.3) is 11.1 Å². The largest absolute Gasteiger partial charge is 0.436 e. The van der Waals surface area contributed by atoms with Crippen molar-refractivity contribution in [1.29, 1.82) is 0 Å². The molecule has 2 N–H and O–H groups in total. The monoisotopic (exact) mass is 470 g/mol. The molecule has 0 saturated heterocycles. The summed E-state index contributed by atoms with van der Waals surface area (Å²) in [6.45, 7) is 0.316. The van der Waals surface area contributed by atoms with Gasteiger partial charge < -0.3 is 20.1 Å². The Morgan fingerprint density at radius 1 is 0.943 bits per heavy atom. The van der Waals surface area contributed by atoms with Gasteiger partial charge in [-0.15, -0.1) is 0 Å². The van der Waals surface area contributed by atoms with Crippen molar-refractivity contribution < 1.29 is 19.4 Å². The van der Waals surface area contributed by atoms with E-state index in [1.165, 1.54) is 4.90 Å². The number of hydrogen-bond donors (Lipinski definition) is 2. The molecule has 35 heavy (non-hydrogen) atoms. The number of carbonyl (C=O) groups is 2. The van der Waals surface area contributed by atoms with E-state index in [9.17, 15) is 14.7 Å². The summed E-state index contributed by atoms with van der Waals surface area (Å²) in [5.74, 6) is -0.0875. The number of rotatable bonds is 8. The maximum Gasteiger partial charge on any atom is 0.410 e. The van der Waals surface area contributed by atoms with Crippen molar-refractivity contribution >= 4 is 12.0 Å². The lowest BCUT2D eigenvalue weighted by atomic mass is 10.0. The van der Waals surface area contributed by atoms with Crippen LogP contribution in [0.1, 0.15) is 42.1 Å². The van der Waals surface area contributed by atoms with Crippen molar-refractivity contribution in [2.75, 3.05) is 7.05 Å². The minimum Gasteiger partial charge on any atom is -0.436 e. The Morgan fingerprint density at radius 2 is 1.51 bits per heavy atom. The van der Waals surface area contributed by atoms with Crippen LogP contribution in [0.3, 0.4) is 0 Å². The number of aliphatic hydroxyl groups is 1. The average molecular weight is 471 g/mol. The predicted octanol–water partition coefficient (Wildman–Crippen LogP) is 4.67. The third-order valence-electron chi connectivity index (χ3n) is 7.00. The van der Waals surface area contributed by atoms with Gasteiger partial charge in [-0.25, -0.2) is 4.79 Å². The Hall–Kier alpha value is -3.64. The molecule has 0 heterocycles. The molecule has 1 saturated carbocycles. The van der Waals surface area contributed by atoms with E-state index in [4.69, 9.17) is 4.74 Å². The maximum atomic E-state index is 13.3. The molecule has 3 aromatic rings. The minimum absolute atomic E-state index is 0.316. The quantitative estimate of drug-likeness (QED) is 0.502. The summed E-state index contributed by atoms with van der Waals surface area (Å²) < 4.78 is 6.01. The molecular weight excluding hydrogens is 440 g/mol. The summed E-state index contributed by atoms with van der Waals surface area (Å²) in [5.41, 5.74) is 4.93. The first-order chi connectivity index (χ1) is 17.0. The van der Waals surface area contributed by atoms with Crippen molar-refractivity contribution in [3.05, 3.63) is 95.6 Å². The van der Waals surface area contributed by atoms with Crippen LogP contribution in [0, 0.1) is 5.92 Å². The summed E-state index contributed by atoms with van der Waals surface area (Å²) in [6.07, 6.45) is 0.219. The molecule has 6 nitrogen and oxygen atoms in total. The van der Waals surface area contributed by atoms with E-state index in [0.717, 1.165) is 40.7 Å². The second kappa shape index (κ2) is 9.92. The first-order valence-electron chi connectivity index (χ1n) is 12.1. The Kier molecular flexibility index (Phi) is 6.55. The van der Waals surface area contributed by atoms with E-state index in [1.807, 2.05) is 78.9 Å². The number of ether oxygens (including phenoxy) is 1. The van der Waals surface area contributed by atoms with E-state index in [-0.39, 0.29) is 0 Å². The molecular formula is C29H30N2O4. The summed E-state index contributed by atoms with van der Waals surface area (Å²) in [4.78, 5) is 27.5. The summed E-state index contributed by atoms with van der Waals surface area (Å²) >= 11 is 0. The van der Waals surface area contributed by atoms with Gasteiger partial charge in [-0.2, -0.15) is 0 Å². The molecule has 180 valence electrons. The van der Waals surface area contributed by atoms with Gasteiger partial charge in [0.05, 0.1) is 6.04 Å². The Labute approximate surface area is 205 Å². The standard InChI is InChI=1S/C29H30N2O4/c1-31(25(17-19-15-16-19)26(32)28(33)30-18-20-9-3-2-4-10-20)29(34)35-27-23-13-7-5-11-21(23)22-12-6-8-14-24(22)27/h2-14,19,25-27,32H,15-18H2,1H3,(H,30,33). The third-order valence-corrected chi connectivity index (χ3v) is 7.00. The molecule has 2 unspecified atom stereocenters. The van der Waals surface area contributed by atoms with Crippen LogP contribution in [0.2, 0.25) is 0 Å². The van der Waals surface area contributed by atoms with Gasteiger partial charge in [-0.05, 0) is 29.0 Å². The second-order valence-corrected chi connectivity index (χ2v) is 9.44. The zero-order valence-corrected chi connectivity index (χ0v) is 19.8. The van der Waals surface area contributed by atoms with Gasteiger partial charge in [0.1, 0.15) is 0 Å². The summed E-state index contributed by atoms with van der Waals surface area (Å²) in [5, 5.41) is 13.8. The lowest BCUT2D eigenvalue weighted by Crippen LogP contribution is -2.51. The first kappa shape index (κ1) is 23.1. The van der Waals surface area contributed by atoms with Crippen LogP contribution < -0.4 is 5.32 Å². The fraction of sp³-hybridized carbons (Fsp3) is 0.310. The van der Waals surface area contributed by atoms with Crippen LogP contribution in [-0.4, -0.2) is 41.2 Å². The van der Waals surface area contributed by atoms with Crippen molar-refractivity contribution in [1.82, 2.24) is 10.2 Å². The number of nitrogens with one attached hydrogen (secondary N) is 1. The molecule has 0 spiro atoms. The summed E-state index contributed by atoms with van der Waals surface area (Å²) in [7, 11) is 1.61. The zero-order valence-electron chi connectivity index (χ0n) is 19.8. The zero-order chi connectivity index (χ0) is 24.4. The molecule has 5 rings (SSSR count). The number of benzene rings is 3. The van der Waals surface area contributed by atoms with Crippen molar-refractivity contribution in [2.45, 2.75) is 44.1 Å². The van der Waals surface area contributed by atoms with Gasteiger partial charge in [0, 0.05) is 24.7 Å².